The minimum Gasteiger partial charge on any atom is -0.365 e. The number of thioether (sulfide) groups is 1. The maximum Gasteiger partial charge on any atom is 0.327 e. The molecule has 1 aromatic carbocycles. The van der Waals surface area contributed by atoms with Crippen LogP contribution in [0.4, 0.5) is 15.8 Å². The van der Waals surface area contributed by atoms with Crippen molar-refractivity contribution in [2.75, 3.05) is 23.7 Å². The van der Waals surface area contributed by atoms with Crippen LogP contribution in [0.3, 0.4) is 0 Å². The van der Waals surface area contributed by atoms with Crippen LogP contribution < -0.4 is 4.90 Å². The van der Waals surface area contributed by atoms with Crippen molar-refractivity contribution in [1.82, 2.24) is 0 Å². The van der Waals surface area contributed by atoms with Crippen LogP contribution in [-0.4, -0.2) is 28.5 Å². The Morgan fingerprint density at radius 3 is 2.84 bits per heavy atom. The van der Waals surface area contributed by atoms with E-state index < -0.39 is 16.4 Å². The molecule has 0 spiro atoms. The van der Waals surface area contributed by atoms with Gasteiger partial charge in [-0.15, -0.1) is 0 Å². The standard InChI is InChI=1S/C13H17FN2O2S/c1-13(2)6-7-15(8-9-19-13)11-5-3-4-10(14)12(11)16(17)18/h3-5H,6-9H2,1-2H3. The van der Waals surface area contributed by atoms with Gasteiger partial charge in [0.2, 0.25) is 5.82 Å². The van der Waals surface area contributed by atoms with Crippen LogP contribution in [0.25, 0.3) is 0 Å². The lowest BCUT2D eigenvalue weighted by Crippen LogP contribution is -2.27. The first-order valence-electron chi connectivity index (χ1n) is 6.22. The van der Waals surface area contributed by atoms with Crippen molar-refractivity contribution >= 4 is 23.1 Å². The van der Waals surface area contributed by atoms with Gasteiger partial charge in [-0.2, -0.15) is 16.2 Å². The molecule has 1 fully saturated rings. The molecule has 0 unspecified atom stereocenters. The molecule has 1 saturated heterocycles. The minimum absolute atomic E-state index is 0.164. The maximum absolute atomic E-state index is 13.6. The van der Waals surface area contributed by atoms with Gasteiger partial charge < -0.3 is 4.90 Å². The maximum atomic E-state index is 13.6. The van der Waals surface area contributed by atoms with E-state index in [4.69, 9.17) is 0 Å². The average molecular weight is 284 g/mol. The fraction of sp³-hybridized carbons (Fsp3) is 0.538. The van der Waals surface area contributed by atoms with Crippen LogP contribution in [0.1, 0.15) is 20.3 Å². The van der Waals surface area contributed by atoms with Gasteiger partial charge in [0.15, 0.2) is 0 Å². The molecule has 19 heavy (non-hydrogen) atoms. The lowest BCUT2D eigenvalue weighted by Gasteiger charge is -2.24. The van der Waals surface area contributed by atoms with Crippen LogP contribution in [0, 0.1) is 15.9 Å². The van der Waals surface area contributed by atoms with Crippen molar-refractivity contribution < 1.29 is 9.31 Å². The summed E-state index contributed by atoms with van der Waals surface area (Å²) in [7, 11) is 0. The molecule has 0 aromatic heterocycles. The van der Waals surface area contributed by atoms with Crippen molar-refractivity contribution in [2.24, 2.45) is 0 Å². The molecule has 1 aliphatic rings. The van der Waals surface area contributed by atoms with Gasteiger partial charge in [0.25, 0.3) is 0 Å². The zero-order valence-electron chi connectivity index (χ0n) is 11.1. The summed E-state index contributed by atoms with van der Waals surface area (Å²) in [6.07, 6.45) is 0.922. The van der Waals surface area contributed by atoms with Gasteiger partial charge in [-0.25, -0.2) is 0 Å². The molecule has 0 atom stereocenters. The molecule has 1 aliphatic heterocycles. The third kappa shape index (κ3) is 3.18. The van der Waals surface area contributed by atoms with E-state index in [1.165, 1.54) is 6.07 Å². The highest BCUT2D eigenvalue weighted by Gasteiger charge is 2.28. The zero-order chi connectivity index (χ0) is 14.0. The van der Waals surface area contributed by atoms with Crippen LogP contribution in [0.5, 0.6) is 0 Å². The van der Waals surface area contributed by atoms with E-state index in [9.17, 15) is 14.5 Å². The Balaban J connectivity index is 2.32. The normalized spacial score (nSPS) is 19.0. The fourth-order valence-electron chi connectivity index (χ4n) is 2.20. The molecule has 6 heteroatoms. The van der Waals surface area contributed by atoms with Crippen molar-refractivity contribution in [1.29, 1.82) is 0 Å². The van der Waals surface area contributed by atoms with E-state index in [0.717, 1.165) is 18.2 Å². The van der Waals surface area contributed by atoms with Crippen LogP contribution in [0.2, 0.25) is 0 Å². The zero-order valence-corrected chi connectivity index (χ0v) is 11.9. The molecule has 0 amide bonds. The largest absolute Gasteiger partial charge is 0.365 e. The Bertz CT molecular complexity index is 494. The van der Waals surface area contributed by atoms with E-state index in [2.05, 4.69) is 13.8 Å². The number of hydrogen-bond acceptors (Lipinski definition) is 4. The number of nitrogens with zero attached hydrogens (tertiary/aromatic N) is 2. The molecule has 104 valence electrons. The first-order valence-corrected chi connectivity index (χ1v) is 7.21. The van der Waals surface area contributed by atoms with Crippen molar-refractivity contribution in [3.8, 4) is 0 Å². The van der Waals surface area contributed by atoms with Gasteiger partial charge in [0.1, 0.15) is 5.69 Å². The molecule has 4 nitrogen and oxygen atoms in total. The summed E-state index contributed by atoms with van der Waals surface area (Å²) in [6, 6.07) is 4.29. The van der Waals surface area contributed by atoms with Crippen molar-refractivity contribution in [3.05, 3.63) is 34.1 Å². The second kappa shape index (κ2) is 5.36. The Labute approximate surface area is 116 Å². The summed E-state index contributed by atoms with van der Waals surface area (Å²) in [5, 5.41) is 11.0. The Hall–Kier alpha value is -1.30. The smallest absolute Gasteiger partial charge is 0.327 e. The van der Waals surface area contributed by atoms with E-state index in [0.29, 0.717) is 18.8 Å². The lowest BCUT2D eigenvalue weighted by molar-refractivity contribution is -0.386. The third-order valence-corrected chi connectivity index (χ3v) is 4.70. The average Bonchev–Trinajstić information content (AvgIpc) is 2.49. The second-order valence-corrected chi connectivity index (χ2v) is 7.01. The molecule has 1 heterocycles. The number of rotatable bonds is 2. The van der Waals surface area contributed by atoms with E-state index >= 15 is 0 Å². The lowest BCUT2D eigenvalue weighted by atomic mass is 10.1. The monoisotopic (exact) mass is 284 g/mol. The summed E-state index contributed by atoms with van der Waals surface area (Å²) in [5.74, 6) is 0.124. The van der Waals surface area contributed by atoms with Crippen LogP contribution in [-0.2, 0) is 0 Å². The molecular formula is C13H17FN2O2S. The number of nitro benzene ring substituents is 1. The van der Waals surface area contributed by atoms with Crippen LogP contribution in [0.15, 0.2) is 18.2 Å². The van der Waals surface area contributed by atoms with Crippen molar-refractivity contribution in [2.45, 2.75) is 25.0 Å². The predicted molar refractivity (Wildman–Crippen MR) is 76.4 cm³/mol. The highest BCUT2D eigenvalue weighted by Crippen LogP contribution is 2.36. The highest BCUT2D eigenvalue weighted by molar-refractivity contribution is 8.00. The second-order valence-electron chi connectivity index (χ2n) is 5.21. The molecule has 0 bridgehead atoms. The Kier molecular flexibility index (Phi) is 3.99. The first-order chi connectivity index (χ1) is 8.91. The summed E-state index contributed by atoms with van der Waals surface area (Å²) >= 11 is 1.85. The molecule has 0 N–H and O–H groups in total. The molecule has 0 saturated carbocycles. The number of hydrogen-bond donors (Lipinski definition) is 0. The number of para-hydroxylation sites is 1. The topological polar surface area (TPSA) is 46.4 Å². The van der Waals surface area contributed by atoms with E-state index in [-0.39, 0.29) is 4.75 Å². The quantitative estimate of drug-likeness (QED) is 0.616. The van der Waals surface area contributed by atoms with Gasteiger partial charge in [0.05, 0.1) is 4.92 Å². The van der Waals surface area contributed by atoms with Crippen LogP contribution >= 0.6 is 11.8 Å². The summed E-state index contributed by atoms with van der Waals surface area (Å²) < 4.78 is 13.8. The van der Waals surface area contributed by atoms with Crippen molar-refractivity contribution in [3.63, 3.8) is 0 Å². The third-order valence-electron chi connectivity index (χ3n) is 3.33. The Morgan fingerprint density at radius 2 is 2.16 bits per heavy atom. The summed E-state index contributed by atoms with van der Waals surface area (Å²) in [5.41, 5.74) is -0.0180. The van der Waals surface area contributed by atoms with Gasteiger partial charge in [-0.3, -0.25) is 10.1 Å². The molecule has 1 aromatic rings. The van der Waals surface area contributed by atoms with Gasteiger partial charge in [-0.05, 0) is 18.6 Å². The van der Waals surface area contributed by atoms with E-state index in [1.54, 1.807) is 6.07 Å². The molecular weight excluding hydrogens is 267 g/mol. The minimum atomic E-state index is -0.765. The molecule has 0 aliphatic carbocycles. The summed E-state index contributed by atoms with van der Waals surface area (Å²) in [4.78, 5) is 12.3. The number of halogens is 1. The first kappa shape index (κ1) is 14.1. The molecule has 0 radical (unpaired) electrons. The Morgan fingerprint density at radius 1 is 1.42 bits per heavy atom. The van der Waals surface area contributed by atoms with Gasteiger partial charge in [-0.1, -0.05) is 19.9 Å². The van der Waals surface area contributed by atoms with Gasteiger partial charge >= 0.3 is 5.69 Å². The van der Waals surface area contributed by atoms with Gasteiger partial charge in [0, 0.05) is 23.6 Å². The van der Waals surface area contributed by atoms with E-state index in [1.807, 2.05) is 16.7 Å². The number of benzene rings is 1. The SMILES string of the molecule is CC1(C)CCN(c2cccc(F)c2[N+](=O)[O-])CCS1. The summed E-state index contributed by atoms with van der Waals surface area (Å²) in [6.45, 7) is 5.75. The predicted octanol–water partition coefficient (Wildman–Crippen LogP) is 3.46. The molecule has 2 rings (SSSR count). The fourth-order valence-corrected chi connectivity index (χ4v) is 3.30. The number of anilines is 1. The number of nitro groups is 1. The highest BCUT2D eigenvalue weighted by atomic mass is 32.2.